The number of amides is 2. The molecule has 0 spiro atoms. The van der Waals surface area contributed by atoms with Crippen LogP contribution in [0.4, 0.5) is 10.5 Å². The number of amidine groups is 1. The number of urea groups is 1. The number of hydrogen-bond donors (Lipinski definition) is 3. The number of nitrogens with one attached hydrogen (secondary N) is 2. The van der Waals surface area contributed by atoms with Crippen LogP contribution >= 0.6 is 0 Å². The number of rotatable bonds is 4. The van der Waals surface area contributed by atoms with E-state index in [1.165, 1.54) is 4.90 Å². The number of benzene rings is 1. The van der Waals surface area contributed by atoms with E-state index in [1.807, 2.05) is 0 Å². The summed E-state index contributed by atoms with van der Waals surface area (Å²) in [6, 6.07) is 6.69. The summed E-state index contributed by atoms with van der Waals surface area (Å²) in [7, 11) is 3.32. The van der Waals surface area contributed by atoms with Crippen molar-refractivity contribution in [3.63, 3.8) is 0 Å². The Morgan fingerprint density at radius 1 is 1.53 bits per heavy atom. The zero-order chi connectivity index (χ0) is 12.8. The molecular weight excluding hydrogens is 220 g/mol. The maximum atomic E-state index is 11.4. The van der Waals surface area contributed by atoms with Crippen molar-refractivity contribution in [2.45, 2.75) is 0 Å². The van der Waals surface area contributed by atoms with Crippen molar-refractivity contribution < 1.29 is 9.53 Å². The van der Waals surface area contributed by atoms with Gasteiger partial charge in [-0.05, 0) is 12.1 Å². The lowest BCUT2D eigenvalue weighted by Crippen LogP contribution is -2.27. The monoisotopic (exact) mass is 236 g/mol. The third-order valence-corrected chi connectivity index (χ3v) is 1.89. The largest absolute Gasteiger partial charge is 0.486 e. The maximum Gasteiger partial charge on any atom is 0.321 e. The molecule has 0 saturated carbocycles. The Hall–Kier alpha value is -2.24. The van der Waals surface area contributed by atoms with Crippen LogP contribution in [0, 0.1) is 5.41 Å². The normalized spacial score (nSPS) is 9.53. The number of carbonyl (C=O) groups excluding carboxylic acids is 1. The first kappa shape index (κ1) is 12.8. The van der Waals surface area contributed by atoms with E-state index in [4.69, 9.17) is 15.9 Å². The zero-order valence-corrected chi connectivity index (χ0v) is 9.86. The Bertz CT molecular complexity index is 418. The Morgan fingerprint density at radius 2 is 2.24 bits per heavy atom. The van der Waals surface area contributed by atoms with E-state index < -0.39 is 0 Å². The highest BCUT2D eigenvalue weighted by atomic mass is 16.5. The Morgan fingerprint density at radius 3 is 2.82 bits per heavy atom. The van der Waals surface area contributed by atoms with Crippen LogP contribution in [0.3, 0.4) is 0 Å². The highest BCUT2D eigenvalue weighted by Gasteiger charge is 2.04. The third-order valence-electron chi connectivity index (χ3n) is 1.89. The quantitative estimate of drug-likeness (QED) is 0.540. The average Bonchev–Trinajstić information content (AvgIpc) is 2.26. The Kier molecular flexibility index (Phi) is 4.33. The fourth-order valence-corrected chi connectivity index (χ4v) is 1.06. The van der Waals surface area contributed by atoms with E-state index in [0.717, 1.165) is 0 Å². The lowest BCUT2D eigenvalue weighted by Gasteiger charge is -2.12. The number of ether oxygens (including phenoxy) is 1. The van der Waals surface area contributed by atoms with Crippen LogP contribution in [-0.2, 0) is 0 Å². The number of nitrogens with two attached hydrogens (primary N) is 1. The lowest BCUT2D eigenvalue weighted by molar-refractivity contribution is 0.230. The fourth-order valence-electron chi connectivity index (χ4n) is 1.06. The molecule has 1 aromatic carbocycles. The molecule has 0 heterocycles. The van der Waals surface area contributed by atoms with Gasteiger partial charge in [0.05, 0.1) is 0 Å². The summed E-state index contributed by atoms with van der Waals surface area (Å²) in [6.45, 7) is 0.0328. The van der Waals surface area contributed by atoms with Gasteiger partial charge in [0.2, 0.25) is 0 Å². The molecule has 0 aliphatic rings. The number of anilines is 1. The molecule has 0 aliphatic heterocycles. The van der Waals surface area contributed by atoms with E-state index in [2.05, 4.69) is 5.32 Å². The molecule has 0 unspecified atom stereocenters. The molecule has 2 amide bonds. The minimum atomic E-state index is -0.214. The van der Waals surface area contributed by atoms with Gasteiger partial charge in [-0.3, -0.25) is 5.41 Å². The van der Waals surface area contributed by atoms with Gasteiger partial charge in [0.1, 0.15) is 18.2 Å². The first-order valence-electron chi connectivity index (χ1n) is 5.03. The molecule has 6 nitrogen and oxygen atoms in total. The average molecular weight is 236 g/mol. The lowest BCUT2D eigenvalue weighted by atomic mass is 10.3. The number of nitrogens with zero attached hydrogens (tertiary/aromatic N) is 1. The van der Waals surface area contributed by atoms with Gasteiger partial charge in [-0.2, -0.15) is 0 Å². The first-order valence-corrected chi connectivity index (χ1v) is 5.03. The second-order valence-corrected chi connectivity index (χ2v) is 3.67. The predicted molar refractivity (Wildman–Crippen MR) is 66.6 cm³/mol. The maximum absolute atomic E-state index is 11.4. The summed E-state index contributed by atoms with van der Waals surface area (Å²) < 4.78 is 5.24. The SMILES string of the molecule is CN(C)C(=O)Nc1cccc(OCC(=N)N)c1. The molecule has 0 saturated heterocycles. The van der Waals surface area contributed by atoms with Crippen LogP contribution < -0.4 is 15.8 Å². The van der Waals surface area contributed by atoms with E-state index in [0.29, 0.717) is 11.4 Å². The third kappa shape index (κ3) is 4.42. The molecule has 0 radical (unpaired) electrons. The highest BCUT2D eigenvalue weighted by molar-refractivity contribution is 5.89. The number of carbonyl (C=O) groups is 1. The summed E-state index contributed by atoms with van der Waals surface area (Å²) in [5, 5.41) is 9.73. The molecule has 1 aromatic rings. The zero-order valence-electron chi connectivity index (χ0n) is 9.86. The van der Waals surface area contributed by atoms with Crippen LogP contribution in [0.25, 0.3) is 0 Å². The topological polar surface area (TPSA) is 91.4 Å². The van der Waals surface area contributed by atoms with Crippen LogP contribution in [0.2, 0.25) is 0 Å². The predicted octanol–water partition coefficient (Wildman–Crippen LogP) is 1.09. The summed E-state index contributed by atoms with van der Waals surface area (Å²) in [5.74, 6) is 0.504. The van der Waals surface area contributed by atoms with Crippen molar-refractivity contribution in [2.75, 3.05) is 26.0 Å². The van der Waals surface area contributed by atoms with Gasteiger partial charge >= 0.3 is 6.03 Å². The van der Waals surface area contributed by atoms with E-state index in [9.17, 15) is 4.79 Å². The Labute approximate surface area is 99.9 Å². The summed E-state index contributed by atoms with van der Waals surface area (Å²) in [6.07, 6.45) is 0. The standard InChI is InChI=1S/C11H16N4O2/c1-15(2)11(16)14-8-4-3-5-9(6-8)17-7-10(12)13/h3-6H,7H2,1-2H3,(H3,12,13)(H,14,16). The molecule has 1 rings (SSSR count). The molecule has 0 aromatic heterocycles. The van der Waals surface area contributed by atoms with Gasteiger partial charge in [0, 0.05) is 25.8 Å². The molecule has 6 heteroatoms. The summed E-state index contributed by atoms with van der Waals surface area (Å²) in [5.41, 5.74) is 5.81. The van der Waals surface area contributed by atoms with Gasteiger partial charge in [0.15, 0.2) is 0 Å². The summed E-state index contributed by atoms with van der Waals surface area (Å²) >= 11 is 0. The van der Waals surface area contributed by atoms with Crippen molar-refractivity contribution in [3.8, 4) is 5.75 Å². The van der Waals surface area contributed by atoms with Crippen molar-refractivity contribution in [1.29, 1.82) is 5.41 Å². The number of hydrogen-bond acceptors (Lipinski definition) is 3. The van der Waals surface area contributed by atoms with Crippen molar-refractivity contribution in [2.24, 2.45) is 5.73 Å². The molecule has 0 aliphatic carbocycles. The van der Waals surface area contributed by atoms with E-state index >= 15 is 0 Å². The van der Waals surface area contributed by atoms with Gasteiger partial charge in [-0.1, -0.05) is 6.07 Å². The minimum absolute atomic E-state index is 0.0328. The van der Waals surface area contributed by atoms with Gasteiger partial charge in [0.25, 0.3) is 0 Å². The van der Waals surface area contributed by atoms with Gasteiger partial charge in [-0.15, -0.1) is 0 Å². The molecule has 4 N–H and O–H groups in total. The van der Waals surface area contributed by atoms with Crippen molar-refractivity contribution in [3.05, 3.63) is 24.3 Å². The second-order valence-electron chi connectivity index (χ2n) is 3.67. The van der Waals surface area contributed by atoms with Crippen LogP contribution in [-0.4, -0.2) is 37.5 Å². The fraction of sp³-hybridized carbons (Fsp3) is 0.273. The smallest absolute Gasteiger partial charge is 0.321 e. The van der Waals surface area contributed by atoms with Crippen LogP contribution in [0.1, 0.15) is 0 Å². The van der Waals surface area contributed by atoms with Crippen LogP contribution in [0.15, 0.2) is 24.3 Å². The Balaban J connectivity index is 2.65. The van der Waals surface area contributed by atoms with Crippen LogP contribution in [0.5, 0.6) is 5.75 Å². The molecule has 0 atom stereocenters. The van der Waals surface area contributed by atoms with Gasteiger partial charge < -0.3 is 20.7 Å². The van der Waals surface area contributed by atoms with Crippen molar-refractivity contribution in [1.82, 2.24) is 4.90 Å². The van der Waals surface area contributed by atoms with E-state index in [1.54, 1.807) is 38.4 Å². The molecular formula is C11H16N4O2. The van der Waals surface area contributed by atoms with Gasteiger partial charge in [-0.25, -0.2) is 4.79 Å². The molecule has 0 bridgehead atoms. The molecule has 0 fully saturated rings. The molecule has 92 valence electrons. The first-order chi connectivity index (χ1) is 7.99. The van der Waals surface area contributed by atoms with E-state index in [-0.39, 0.29) is 18.5 Å². The van der Waals surface area contributed by atoms with Crippen molar-refractivity contribution >= 4 is 17.6 Å². The minimum Gasteiger partial charge on any atom is -0.486 e. The second kappa shape index (κ2) is 5.74. The molecule has 17 heavy (non-hydrogen) atoms. The highest BCUT2D eigenvalue weighted by Crippen LogP contribution is 2.17. The summed E-state index contributed by atoms with van der Waals surface area (Å²) in [4.78, 5) is 12.8.